The first-order chi connectivity index (χ1) is 11.2. The maximum Gasteiger partial charge on any atom is 0.252 e. The van der Waals surface area contributed by atoms with Crippen LogP contribution >= 0.6 is 22.9 Å². The molecule has 23 heavy (non-hydrogen) atoms. The first kappa shape index (κ1) is 16.8. The molecule has 9 heteroatoms. The van der Waals surface area contributed by atoms with Crippen LogP contribution in [-0.2, 0) is 0 Å². The van der Waals surface area contributed by atoms with Crippen molar-refractivity contribution in [3.8, 4) is 12.1 Å². The zero-order valence-corrected chi connectivity index (χ0v) is 13.6. The highest BCUT2D eigenvalue weighted by Crippen LogP contribution is 2.26. The summed E-state index contributed by atoms with van der Waals surface area (Å²) < 4.78 is 0.319. The van der Waals surface area contributed by atoms with Crippen molar-refractivity contribution in [2.45, 2.75) is 12.8 Å². The first-order valence-corrected chi connectivity index (χ1v) is 7.92. The molecule has 0 spiro atoms. The summed E-state index contributed by atoms with van der Waals surface area (Å²) in [5, 5.41) is 33.3. The number of hydrogen-bond acceptors (Lipinski definition) is 8. The highest BCUT2D eigenvalue weighted by molar-refractivity contribution is 7.18. The van der Waals surface area contributed by atoms with Crippen molar-refractivity contribution in [2.75, 3.05) is 18.0 Å². The van der Waals surface area contributed by atoms with Gasteiger partial charge < -0.3 is 4.90 Å². The van der Waals surface area contributed by atoms with Crippen LogP contribution < -0.4 is 4.90 Å². The van der Waals surface area contributed by atoms with E-state index in [1.807, 2.05) is 29.2 Å². The lowest BCUT2D eigenvalue weighted by Gasteiger charge is -2.22. The van der Waals surface area contributed by atoms with Gasteiger partial charge in [0.25, 0.3) is 5.13 Å². The molecule has 0 saturated heterocycles. The number of aromatic nitrogens is 2. The van der Waals surface area contributed by atoms with E-state index in [2.05, 4.69) is 32.6 Å². The summed E-state index contributed by atoms with van der Waals surface area (Å²) in [7, 11) is 0. The fourth-order valence-electron chi connectivity index (χ4n) is 1.81. The molecule has 0 aliphatic carbocycles. The van der Waals surface area contributed by atoms with Gasteiger partial charge in [-0.15, -0.1) is 20.4 Å². The summed E-state index contributed by atoms with van der Waals surface area (Å²) >= 11 is 6.82. The minimum absolute atomic E-state index is 0.319. The van der Waals surface area contributed by atoms with Gasteiger partial charge in [0.05, 0.1) is 30.7 Å². The summed E-state index contributed by atoms with van der Waals surface area (Å²) in [4.78, 5) is 2.00. The van der Waals surface area contributed by atoms with Gasteiger partial charge >= 0.3 is 0 Å². The van der Waals surface area contributed by atoms with Gasteiger partial charge in [-0.2, -0.15) is 10.5 Å². The van der Waals surface area contributed by atoms with Gasteiger partial charge in [0.1, 0.15) is 0 Å². The monoisotopic (exact) mass is 345 g/mol. The van der Waals surface area contributed by atoms with E-state index in [1.165, 1.54) is 0 Å². The second-order valence-electron chi connectivity index (χ2n) is 4.36. The van der Waals surface area contributed by atoms with Gasteiger partial charge in [0.2, 0.25) is 4.47 Å². The Morgan fingerprint density at radius 1 is 1.04 bits per heavy atom. The largest absolute Gasteiger partial charge is 0.369 e. The Bertz CT molecular complexity index is 724. The van der Waals surface area contributed by atoms with Crippen molar-refractivity contribution < 1.29 is 0 Å². The summed E-state index contributed by atoms with van der Waals surface area (Å²) in [6, 6.07) is 11.6. The van der Waals surface area contributed by atoms with E-state index >= 15 is 0 Å². The second-order valence-corrected chi connectivity index (χ2v) is 5.90. The van der Waals surface area contributed by atoms with Crippen LogP contribution in [0.4, 0.5) is 16.5 Å². The molecule has 0 aliphatic heterocycles. The number of nitrogens with zero attached hydrogens (tertiary/aromatic N) is 7. The quantitative estimate of drug-likeness (QED) is 0.698. The summed E-state index contributed by atoms with van der Waals surface area (Å²) in [5.74, 6) is 0. The molecule has 0 N–H and O–H groups in total. The Morgan fingerprint density at radius 2 is 1.70 bits per heavy atom. The fourth-order valence-corrected chi connectivity index (χ4v) is 2.45. The Labute approximate surface area is 142 Å². The van der Waals surface area contributed by atoms with Crippen LogP contribution in [0.1, 0.15) is 12.8 Å². The summed E-state index contributed by atoms with van der Waals surface area (Å²) in [6.45, 7) is 1.17. The molecule has 1 heterocycles. The van der Waals surface area contributed by atoms with E-state index in [0.717, 1.165) is 17.0 Å². The normalized spacial score (nSPS) is 10.4. The number of azo groups is 1. The summed E-state index contributed by atoms with van der Waals surface area (Å²) in [5.41, 5.74) is 1.61. The minimum atomic E-state index is 0.319. The minimum Gasteiger partial charge on any atom is -0.369 e. The topological polar surface area (TPSA) is 101 Å². The van der Waals surface area contributed by atoms with Crippen LogP contribution in [0.2, 0.25) is 4.47 Å². The maximum absolute atomic E-state index is 8.72. The molecular formula is C14H12ClN7S. The Balaban J connectivity index is 2.05. The average Bonchev–Trinajstić information content (AvgIpc) is 2.99. The third kappa shape index (κ3) is 5.29. The molecule has 116 valence electrons. The molecule has 0 saturated carbocycles. The van der Waals surface area contributed by atoms with E-state index in [1.54, 1.807) is 0 Å². The Morgan fingerprint density at radius 3 is 2.22 bits per heavy atom. The van der Waals surface area contributed by atoms with Crippen LogP contribution in [0.15, 0.2) is 34.5 Å². The lowest BCUT2D eigenvalue weighted by Crippen LogP contribution is -2.25. The van der Waals surface area contributed by atoms with Crippen molar-refractivity contribution in [2.24, 2.45) is 10.2 Å². The number of rotatable bonds is 7. The number of benzene rings is 1. The van der Waals surface area contributed by atoms with Crippen molar-refractivity contribution in [1.29, 1.82) is 10.5 Å². The average molecular weight is 346 g/mol. The van der Waals surface area contributed by atoms with Gasteiger partial charge in [-0.3, -0.25) is 0 Å². The fraction of sp³-hybridized carbons (Fsp3) is 0.286. The highest BCUT2D eigenvalue weighted by Gasteiger charge is 2.06. The number of halogens is 1. The Hall–Kier alpha value is -2.55. The van der Waals surface area contributed by atoms with Gasteiger partial charge in [0.15, 0.2) is 0 Å². The second kappa shape index (κ2) is 8.79. The van der Waals surface area contributed by atoms with Crippen LogP contribution in [0.25, 0.3) is 0 Å². The molecular weight excluding hydrogens is 334 g/mol. The molecule has 0 bridgehead atoms. The molecule has 1 aromatic heterocycles. The van der Waals surface area contributed by atoms with E-state index in [-0.39, 0.29) is 0 Å². The molecule has 0 aliphatic rings. The lowest BCUT2D eigenvalue weighted by molar-refractivity contribution is 0.796. The van der Waals surface area contributed by atoms with Gasteiger partial charge in [-0.05, 0) is 35.9 Å². The zero-order valence-electron chi connectivity index (χ0n) is 12.1. The van der Waals surface area contributed by atoms with E-state index in [4.69, 9.17) is 22.1 Å². The van der Waals surface area contributed by atoms with E-state index < -0.39 is 0 Å². The van der Waals surface area contributed by atoms with Crippen molar-refractivity contribution >= 4 is 39.4 Å². The van der Waals surface area contributed by atoms with Crippen LogP contribution in [-0.4, -0.2) is 23.3 Å². The zero-order chi connectivity index (χ0) is 16.5. The third-order valence-corrected chi connectivity index (χ3v) is 3.75. The molecule has 2 rings (SSSR count). The van der Waals surface area contributed by atoms with Crippen molar-refractivity contribution in [3.05, 3.63) is 28.7 Å². The lowest BCUT2D eigenvalue weighted by atomic mass is 10.2. The van der Waals surface area contributed by atoms with Crippen molar-refractivity contribution in [3.63, 3.8) is 0 Å². The predicted octanol–water partition coefficient (Wildman–Crippen LogP) is 4.24. The van der Waals surface area contributed by atoms with E-state index in [0.29, 0.717) is 41.2 Å². The molecule has 1 aromatic carbocycles. The molecule has 0 amide bonds. The Kier molecular flexibility index (Phi) is 6.42. The maximum atomic E-state index is 8.72. The number of hydrogen-bond donors (Lipinski definition) is 0. The molecule has 0 unspecified atom stereocenters. The smallest absolute Gasteiger partial charge is 0.252 e. The SMILES string of the molecule is N#CCCN(CCC#N)c1ccc(N=Nc2nnc(Cl)s2)cc1. The van der Waals surface area contributed by atoms with Gasteiger partial charge in [-0.25, -0.2) is 0 Å². The van der Waals surface area contributed by atoms with Crippen LogP contribution in [0.3, 0.4) is 0 Å². The van der Waals surface area contributed by atoms with Crippen LogP contribution in [0.5, 0.6) is 0 Å². The molecule has 0 fully saturated rings. The summed E-state index contributed by atoms with van der Waals surface area (Å²) in [6.07, 6.45) is 0.815. The van der Waals surface area contributed by atoms with E-state index in [9.17, 15) is 0 Å². The standard InChI is InChI=1S/C14H12ClN7S/c15-13-19-21-14(23-13)20-18-11-3-5-12(6-4-11)22(9-1-7-16)10-2-8-17/h3-6H,1-2,9-10H2. The molecule has 2 aromatic rings. The van der Waals surface area contributed by atoms with Gasteiger partial charge in [0, 0.05) is 18.8 Å². The van der Waals surface area contributed by atoms with Gasteiger partial charge in [-0.1, -0.05) is 11.3 Å². The molecule has 7 nitrogen and oxygen atoms in total. The predicted molar refractivity (Wildman–Crippen MR) is 88.2 cm³/mol. The van der Waals surface area contributed by atoms with Crippen molar-refractivity contribution in [1.82, 2.24) is 10.2 Å². The third-order valence-electron chi connectivity index (χ3n) is 2.84. The highest BCUT2D eigenvalue weighted by atomic mass is 35.5. The molecule has 0 atom stereocenters. The number of nitriles is 2. The number of anilines is 1. The first-order valence-electron chi connectivity index (χ1n) is 6.72. The van der Waals surface area contributed by atoms with Crippen LogP contribution in [0, 0.1) is 22.7 Å². The molecule has 0 radical (unpaired) electrons.